The number of amides is 1. The van der Waals surface area contributed by atoms with Gasteiger partial charge in [0.05, 0.1) is 29.6 Å². The lowest BCUT2D eigenvalue weighted by atomic mass is 10.2. The van der Waals surface area contributed by atoms with Crippen molar-refractivity contribution in [2.24, 2.45) is 7.05 Å². The van der Waals surface area contributed by atoms with Crippen molar-refractivity contribution in [3.8, 4) is 5.69 Å². The summed E-state index contributed by atoms with van der Waals surface area (Å²) in [4.78, 5) is 25.3. The minimum absolute atomic E-state index is 0.0397. The fourth-order valence-corrected chi connectivity index (χ4v) is 7.78. The predicted molar refractivity (Wildman–Crippen MR) is 162 cm³/mol. The molecule has 0 unspecified atom stereocenters. The maximum atomic E-state index is 14.6. The molecule has 1 aliphatic heterocycles. The second kappa shape index (κ2) is 12.2. The van der Waals surface area contributed by atoms with Crippen LogP contribution in [0.1, 0.15) is 16.1 Å². The molecule has 0 aliphatic carbocycles. The van der Waals surface area contributed by atoms with Crippen molar-refractivity contribution in [1.29, 1.82) is 0 Å². The SMILES string of the molecule is Cc1c(NS(=O)(=O)c2cc(C(=O)Nc3ccc(F)c(S(=O)(=O)N4CCOCC4)c3)ccc2Cl)c(=O)n(-c2ccccc2)n1C. The minimum Gasteiger partial charge on any atom is -0.379 e. The number of morpholine rings is 1. The molecule has 0 atom stereocenters. The van der Waals surface area contributed by atoms with E-state index in [0.29, 0.717) is 11.4 Å². The Balaban J connectivity index is 1.42. The number of rotatable bonds is 8. The first-order chi connectivity index (χ1) is 20.8. The number of benzene rings is 3. The molecule has 12 nitrogen and oxygen atoms in total. The van der Waals surface area contributed by atoms with Crippen molar-refractivity contribution in [2.45, 2.75) is 16.7 Å². The summed E-state index contributed by atoms with van der Waals surface area (Å²) in [6.45, 7) is 2.01. The predicted octanol–water partition coefficient (Wildman–Crippen LogP) is 3.35. The average molecular weight is 664 g/mol. The fraction of sp³-hybridized carbons (Fsp3) is 0.214. The van der Waals surface area contributed by atoms with E-state index in [4.69, 9.17) is 16.3 Å². The first kappa shape index (κ1) is 31.4. The number of aromatic nitrogens is 2. The number of halogens is 2. The Labute approximate surface area is 257 Å². The molecule has 1 fully saturated rings. The first-order valence-electron chi connectivity index (χ1n) is 13.2. The number of ether oxygens (including phenoxy) is 1. The number of hydrogen-bond acceptors (Lipinski definition) is 7. The number of carbonyl (C=O) groups excluding carboxylic acids is 1. The standard InChI is InChI=1S/C28H27ClFN5O7S2/c1-18-26(28(37)35(33(18)2)21-6-4-3-5-7-21)32-43(38,39)24-16-19(8-10-22(24)29)27(36)31-20-9-11-23(30)25(17-20)44(40,41)34-12-14-42-15-13-34/h3-11,16-17,32H,12-15H2,1-2H3,(H,31,36). The molecule has 44 heavy (non-hydrogen) atoms. The Morgan fingerprint density at radius 1 is 0.955 bits per heavy atom. The molecular weight excluding hydrogens is 637 g/mol. The molecule has 4 aromatic rings. The summed E-state index contributed by atoms with van der Waals surface area (Å²) in [5, 5.41) is 2.25. The maximum Gasteiger partial charge on any atom is 0.296 e. The van der Waals surface area contributed by atoms with E-state index < -0.39 is 47.1 Å². The van der Waals surface area contributed by atoms with Gasteiger partial charge < -0.3 is 10.1 Å². The number of nitrogens with zero attached hydrogens (tertiary/aromatic N) is 3. The summed E-state index contributed by atoms with van der Waals surface area (Å²) in [6, 6.07) is 15.2. The number of anilines is 2. The number of nitrogens with one attached hydrogen (secondary N) is 2. The molecule has 1 amide bonds. The van der Waals surface area contributed by atoms with Gasteiger partial charge in [0.1, 0.15) is 21.3 Å². The molecule has 1 aromatic heterocycles. The van der Waals surface area contributed by atoms with Gasteiger partial charge in [-0.1, -0.05) is 29.8 Å². The average Bonchev–Trinajstić information content (AvgIpc) is 3.21. The number of sulfonamides is 2. The van der Waals surface area contributed by atoms with Gasteiger partial charge >= 0.3 is 0 Å². The molecule has 16 heteroatoms. The van der Waals surface area contributed by atoms with Crippen molar-refractivity contribution in [3.63, 3.8) is 0 Å². The van der Waals surface area contributed by atoms with Crippen molar-refractivity contribution in [2.75, 3.05) is 36.3 Å². The van der Waals surface area contributed by atoms with Gasteiger partial charge in [-0.15, -0.1) is 0 Å². The van der Waals surface area contributed by atoms with Crippen LogP contribution in [0.15, 0.2) is 81.3 Å². The van der Waals surface area contributed by atoms with Gasteiger partial charge in [-0.05, 0) is 55.5 Å². The van der Waals surface area contributed by atoms with E-state index in [0.717, 1.165) is 22.5 Å². The first-order valence-corrected chi connectivity index (χ1v) is 16.5. The topological polar surface area (TPSA) is 149 Å². The molecule has 1 aliphatic rings. The van der Waals surface area contributed by atoms with Crippen LogP contribution in [0.5, 0.6) is 0 Å². The highest BCUT2D eigenvalue weighted by Crippen LogP contribution is 2.28. The summed E-state index contributed by atoms with van der Waals surface area (Å²) in [5.41, 5.74) is -0.171. The van der Waals surface area contributed by atoms with E-state index in [9.17, 15) is 30.8 Å². The zero-order valence-corrected chi connectivity index (χ0v) is 25.8. The Bertz CT molecular complexity index is 2020. The Morgan fingerprint density at radius 3 is 2.32 bits per heavy atom. The quantitative estimate of drug-likeness (QED) is 0.294. The van der Waals surface area contributed by atoms with Crippen LogP contribution < -0.4 is 15.6 Å². The van der Waals surface area contributed by atoms with Crippen LogP contribution in [0.4, 0.5) is 15.8 Å². The third-order valence-electron chi connectivity index (χ3n) is 7.05. The van der Waals surface area contributed by atoms with Gasteiger partial charge in [0.2, 0.25) is 10.0 Å². The lowest BCUT2D eigenvalue weighted by Crippen LogP contribution is -2.40. The lowest BCUT2D eigenvalue weighted by molar-refractivity contribution is 0.0729. The second-order valence-corrected chi connectivity index (χ2v) is 13.8. The molecule has 0 saturated carbocycles. The van der Waals surface area contributed by atoms with Crippen molar-refractivity contribution < 1.29 is 30.8 Å². The van der Waals surface area contributed by atoms with Crippen molar-refractivity contribution in [1.82, 2.24) is 13.7 Å². The van der Waals surface area contributed by atoms with E-state index >= 15 is 0 Å². The van der Waals surface area contributed by atoms with E-state index in [-0.39, 0.29) is 48.3 Å². The van der Waals surface area contributed by atoms with Crippen LogP contribution in [0.25, 0.3) is 5.69 Å². The summed E-state index contributed by atoms with van der Waals surface area (Å²) < 4.78 is 78.9. The third-order valence-corrected chi connectivity index (χ3v) is 10.8. The van der Waals surface area contributed by atoms with E-state index in [1.165, 1.54) is 27.6 Å². The Morgan fingerprint density at radius 2 is 1.64 bits per heavy atom. The highest BCUT2D eigenvalue weighted by molar-refractivity contribution is 7.92. The van der Waals surface area contributed by atoms with E-state index in [1.54, 1.807) is 44.3 Å². The second-order valence-electron chi connectivity index (χ2n) is 9.80. The molecular formula is C28H27ClFN5O7S2. The number of hydrogen-bond donors (Lipinski definition) is 2. The third kappa shape index (κ3) is 6.01. The van der Waals surface area contributed by atoms with Crippen LogP contribution in [0.2, 0.25) is 5.02 Å². The molecule has 0 bridgehead atoms. The zero-order valence-electron chi connectivity index (χ0n) is 23.5. The highest BCUT2D eigenvalue weighted by Gasteiger charge is 2.30. The smallest absolute Gasteiger partial charge is 0.296 e. The molecule has 5 rings (SSSR count). The van der Waals surface area contributed by atoms with Crippen LogP contribution in [0.3, 0.4) is 0 Å². The minimum atomic E-state index is -4.48. The van der Waals surface area contributed by atoms with Crippen molar-refractivity contribution >= 4 is 48.9 Å². The van der Waals surface area contributed by atoms with Gasteiger partial charge in [0.15, 0.2) is 0 Å². The summed E-state index contributed by atoms with van der Waals surface area (Å²) >= 11 is 6.22. The van der Waals surface area contributed by atoms with Gasteiger partial charge in [-0.25, -0.2) is 25.9 Å². The molecule has 232 valence electrons. The van der Waals surface area contributed by atoms with E-state index in [1.807, 2.05) is 0 Å². The van der Waals surface area contributed by atoms with Crippen LogP contribution >= 0.6 is 11.6 Å². The van der Waals surface area contributed by atoms with Crippen LogP contribution in [0, 0.1) is 12.7 Å². The summed E-state index contributed by atoms with van der Waals surface area (Å²) in [7, 11) is -7.09. The lowest BCUT2D eigenvalue weighted by Gasteiger charge is -2.26. The number of carbonyl (C=O) groups is 1. The normalized spacial score (nSPS) is 14.4. The molecule has 0 radical (unpaired) electrons. The largest absolute Gasteiger partial charge is 0.379 e. The molecule has 0 spiro atoms. The van der Waals surface area contributed by atoms with Gasteiger partial charge in [-0.2, -0.15) is 4.31 Å². The number of para-hydroxylation sites is 1. The van der Waals surface area contributed by atoms with Gasteiger partial charge in [0.25, 0.3) is 21.5 Å². The van der Waals surface area contributed by atoms with Gasteiger partial charge in [0, 0.05) is 31.4 Å². The van der Waals surface area contributed by atoms with E-state index in [2.05, 4.69) is 10.0 Å². The van der Waals surface area contributed by atoms with Crippen molar-refractivity contribution in [3.05, 3.63) is 99.2 Å². The fourth-order valence-electron chi connectivity index (χ4n) is 4.63. The van der Waals surface area contributed by atoms with Crippen LogP contribution in [-0.2, 0) is 31.8 Å². The monoisotopic (exact) mass is 663 g/mol. The summed E-state index contributed by atoms with van der Waals surface area (Å²) in [6.07, 6.45) is 0. The zero-order chi connectivity index (χ0) is 31.8. The van der Waals surface area contributed by atoms with Gasteiger partial charge in [-0.3, -0.25) is 19.0 Å². The molecule has 1 saturated heterocycles. The molecule has 2 heterocycles. The Hall–Kier alpha value is -4.02. The molecule has 2 N–H and O–H groups in total. The summed E-state index contributed by atoms with van der Waals surface area (Å²) in [5.74, 6) is -1.82. The maximum absolute atomic E-state index is 14.6. The highest BCUT2D eigenvalue weighted by atomic mass is 35.5. The molecule has 3 aromatic carbocycles. The van der Waals surface area contributed by atoms with Crippen LogP contribution in [-0.4, -0.2) is 62.7 Å². The Kier molecular flexibility index (Phi) is 8.68.